The molecule has 1 unspecified atom stereocenters. The van der Waals surface area contributed by atoms with Crippen molar-refractivity contribution in [3.63, 3.8) is 0 Å². The zero-order valence-corrected chi connectivity index (χ0v) is 10.4. The quantitative estimate of drug-likeness (QED) is 0.758. The molecule has 2 fully saturated rings. The third kappa shape index (κ3) is 2.54. The molecule has 2 nitrogen and oxygen atoms in total. The summed E-state index contributed by atoms with van der Waals surface area (Å²) in [4.78, 5) is 0. The Morgan fingerprint density at radius 2 is 2.07 bits per heavy atom. The molecule has 1 heterocycles. The van der Waals surface area contributed by atoms with E-state index in [-0.39, 0.29) is 5.60 Å². The highest BCUT2D eigenvalue weighted by Crippen LogP contribution is 2.42. The number of nitrogens with one attached hydrogen (secondary N) is 1. The summed E-state index contributed by atoms with van der Waals surface area (Å²) >= 11 is 0. The normalized spacial score (nSPS) is 30.2. The van der Waals surface area contributed by atoms with Gasteiger partial charge in [-0.2, -0.15) is 0 Å². The van der Waals surface area contributed by atoms with E-state index in [4.69, 9.17) is 4.74 Å². The van der Waals surface area contributed by atoms with Crippen LogP contribution in [0.1, 0.15) is 52.9 Å². The van der Waals surface area contributed by atoms with Gasteiger partial charge in [-0.3, -0.25) is 0 Å². The summed E-state index contributed by atoms with van der Waals surface area (Å²) in [6.45, 7) is 8.92. The number of ether oxygens (including phenoxy) is 1. The van der Waals surface area contributed by atoms with Crippen LogP contribution in [0.3, 0.4) is 0 Å². The highest BCUT2D eigenvalue weighted by molar-refractivity contribution is 5.01. The number of hydrogen-bond acceptors (Lipinski definition) is 2. The van der Waals surface area contributed by atoms with Crippen molar-refractivity contribution in [3.05, 3.63) is 0 Å². The van der Waals surface area contributed by atoms with Crippen molar-refractivity contribution in [1.82, 2.24) is 5.32 Å². The van der Waals surface area contributed by atoms with Crippen molar-refractivity contribution in [2.24, 2.45) is 5.41 Å². The lowest BCUT2D eigenvalue weighted by molar-refractivity contribution is -0.146. The summed E-state index contributed by atoms with van der Waals surface area (Å²) < 4.78 is 6.02. The Hall–Kier alpha value is -0.0800. The van der Waals surface area contributed by atoms with Crippen LogP contribution in [-0.4, -0.2) is 24.8 Å². The summed E-state index contributed by atoms with van der Waals surface area (Å²) in [5.41, 5.74) is 0.674. The van der Waals surface area contributed by atoms with Gasteiger partial charge in [0.1, 0.15) is 0 Å². The minimum absolute atomic E-state index is 0.226. The Bertz CT molecular complexity index is 215. The van der Waals surface area contributed by atoms with Gasteiger partial charge in [-0.15, -0.1) is 0 Å². The van der Waals surface area contributed by atoms with Crippen LogP contribution in [0.4, 0.5) is 0 Å². The van der Waals surface area contributed by atoms with Gasteiger partial charge >= 0.3 is 0 Å². The molecule has 0 bridgehead atoms. The van der Waals surface area contributed by atoms with Crippen molar-refractivity contribution >= 4 is 0 Å². The predicted molar refractivity (Wildman–Crippen MR) is 63.0 cm³/mol. The predicted octanol–water partition coefficient (Wildman–Crippen LogP) is 2.72. The molecule has 2 aliphatic rings. The van der Waals surface area contributed by atoms with E-state index in [1.54, 1.807) is 0 Å². The van der Waals surface area contributed by atoms with Gasteiger partial charge in [0.15, 0.2) is 0 Å². The molecule has 0 radical (unpaired) electrons. The van der Waals surface area contributed by atoms with Gasteiger partial charge in [0, 0.05) is 12.6 Å². The third-order valence-corrected chi connectivity index (χ3v) is 3.90. The second-order valence-electron chi connectivity index (χ2n) is 6.37. The van der Waals surface area contributed by atoms with Crippen LogP contribution in [0.5, 0.6) is 0 Å². The molecule has 1 saturated heterocycles. The monoisotopic (exact) mass is 211 g/mol. The molecule has 88 valence electrons. The second-order valence-corrected chi connectivity index (χ2v) is 6.37. The van der Waals surface area contributed by atoms with Crippen molar-refractivity contribution in [3.8, 4) is 0 Å². The third-order valence-electron chi connectivity index (χ3n) is 3.90. The molecule has 1 spiro atoms. The summed E-state index contributed by atoms with van der Waals surface area (Å²) in [5, 5.41) is 3.66. The number of rotatable bonds is 2. The van der Waals surface area contributed by atoms with Crippen LogP contribution in [0.2, 0.25) is 0 Å². The molecule has 1 saturated carbocycles. The van der Waals surface area contributed by atoms with Gasteiger partial charge in [-0.05, 0) is 37.5 Å². The van der Waals surface area contributed by atoms with Crippen molar-refractivity contribution in [1.29, 1.82) is 0 Å². The van der Waals surface area contributed by atoms with E-state index in [1.165, 1.54) is 32.1 Å². The molecular formula is C13H25NO. The van der Waals surface area contributed by atoms with Crippen LogP contribution in [0, 0.1) is 5.41 Å². The van der Waals surface area contributed by atoms with Crippen molar-refractivity contribution in [2.45, 2.75) is 64.5 Å². The van der Waals surface area contributed by atoms with E-state index < -0.39 is 0 Å². The van der Waals surface area contributed by atoms with Gasteiger partial charge in [0.25, 0.3) is 0 Å². The minimum atomic E-state index is 0.226. The second kappa shape index (κ2) is 4.06. The highest BCUT2D eigenvalue weighted by Gasteiger charge is 2.46. The molecule has 1 atom stereocenters. The maximum Gasteiger partial charge on any atom is 0.0835 e. The Morgan fingerprint density at radius 3 is 2.60 bits per heavy atom. The maximum absolute atomic E-state index is 6.02. The molecular weight excluding hydrogens is 186 g/mol. The van der Waals surface area contributed by atoms with E-state index in [2.05, 4.69) is 26.1 Å². The minimum Gasteiger partial charge on any atom is -0.372 e. The molecule has 1 aliphatic carbocycles. The molecule has 0 aromatic carbocycles. The van der Waals surface area contributed by atoms with Gasteiger partial charge in [-0.25, -0.2) is 0 Å². The highest BCUT2D eigenvalue weighted by atomic mass is 16.5. The van der Waals surface area contributed by atoms with Gasteiger partial charge in [0.05, 0.1) is 12.2 Å². The van der Waals surface area contributed by atoms with Gasteiger partial charge in [-0.1, -0.05) is 20.8 Å². The molecule has 2 heteroatoms. The largest absolute Gasteiger partial charge is 0.372 e. The van der Waals surface area contributed by atoms with Gasteiger partial charge < -0.3 is 10.1 Å². The first-order valence-corrected chi connectivity index (χ1v) is 6.39. The lowest BCUT2D eigenvalue weighted by atomic mass is 9.71. The number of morpholine rings is 1. The fourth-order valence-corrected chi connectivity index (χ4v) is 2.73. The first kappa shape index (κ1) is 11.4. The molecule has 15 heavy (non-hydrogen) atoms. The number of hydrogen-bond donors (Lipinski definition) is 1. The van der Waals surface area contributed by atoms with E-state index in [0.29, 0.717) is 11.5 Å². The van der Waals surface area contributed by atoms with Crippen LogP contribution < -0.4 is 5.32 Å². The average molecular weight is 211 g/mol. The van der Waals surface area contributed by atoms with Crippen molar-refractivity contribution < 1.29 is 4.74 Å². The lowest BCUT2D eigenvalue weighted by Gasteiger charge is -2.51. The lowest BCUT2D eigenvalue weighted by Crippen LogP contribution is -2.61. The molecule has 0 amide bonds. The zero-order chi connectivity index (χ0) is 10.9. The summed E-state index contributed by atoms with van der Waals surface area (Å²) in [6.07, 6.45) is 6.45. The standard InChI is InChI=1S/C13H25NO/c1-12(2,3)8-5-11-13(6-4-7-13)15-10-9-14-11/h11,14H,4-10H2,1-3H3. The van der Waals surface area contributed by atoms with Crippen LogP contribution in [0.25, 0.3) is 0 Å². The van der Waals surface area contributed by atoms with Gasteiger partial charge in [0.2, 0.25) is 0 Å². The first-order chi connectivity index (χ1) is 7.02. The Balaban J connectivity index is 1.88. The average Bonchev–Trinajstić information content (AvgIpc) is 2.11. The molecule has 1 N–H and O–H groups in total. The first-order valence-electron chi connectivity index (χ1n) is 6.39. The fourth-order valence-electron chi connectivity index (χ4n) is 2.73. The Labute approximate surface area is 93.8 Å². The summed E-state index contributed by atoms with van der Waals surface area (Å²) in [5.74, 6) is 0. The molecule has 0 aromatic heterocycles. The zero-order valence-electron chi connectivity index (χ0n) is 10.4. The van der Waals surface area contributed by atoms with Crippen LogP contribution in [-0.2, 0) is 4.74 Å². The SMILES string of the molecule is CC(C)(C)CCC1NCCOC12CCC2. The van der Waals surface area contributed by atoms with E-state index in [0.717, 1.165) is 13.2 Å². The Kier molecular flexibility index (Phi) is 3.09. The fraction of sp³-hybridized carbons (Fsp3) is 1.00. The summed E-state index contributed by atoms with van der Waals surface area (Å²) in [7, 11) is 0. The van der Waals surface area contributed by atoms with E-state index in [9.17, 15) is 0 Å². The molecule has 1 aliphatic heterocycles. The van der Waals surface area contributed by atoms with E-state index >= 15 is 0 Å². The topological polar surface area (TPSA) is 21.3 Å². The molecule has 0 aromatic rings. The summed E-state index contributed by atoms with van der Waals surface area (Å²) in [6, 6.07) is 0.610. The smallest absolute Gasteiger partial charge is 0.0835 e. The Morgan fingerprint density at radius 1 is 1.33 bits per heavy atom. The van der Waals surface area contributed by atoms with Crippen LogP contribution >= 0.6 is 0 Å². The molecule has 2 rings (SSSR count). The van der Waals surface area contributed by atoms with Crippen molar-refractivity contribution in [2.75, 3.05) is 13.2 Å². The van der Waals surface area contributed by atoms with Crippen LogP contribution in [0.15, 0.2) is 0 Å². The van der Waals surface area contributed by atoms with E-state index in [1.807, 2.05) is 0 Å². The maximum atomic E-state index is 6.02.